The summed E-state index contributed by atoms with van der Waals surface area (Å²) in [4.78, 5) is 15.2. The van der Waals surface area contributed by atoms with Crippen LogP contribution in [0.2, 0.25) is 0 Å². The van der Waals surface area contributed by atoms with Crippen LogP contribution in [-0.4, -0.2) is 42.4 Å². The van der Waals surface area contributed by atoms with Crippen LogP contribution in [0.15, 0.2) is 18.2 Å². The minimum Gasteiger partial charge on any atom is -0.317 e. The molecule has 0 saturated carbocycles. The summed E-state index contributed by atoms with van der Waals surface area (Å²) in [5.41, 5.74) is 3.28. The molecule has 0 aromatic heterocycles. The maximum Gasteiger partial charge on any atom is 0.179 e. The monoisotopic (exact) mass is 288 g/mol. The van der Waals surface area contributed by atoms with Crippen molar-refractivity contribution in [1.82, 2.24) is 10.2 Å². The van der Waals surface area contributed by atoms with Crippen LogP contribution in [-0.2, 0) is 0 Å². The van der Waals surface area contributed by atoms with Gasteiger partial charge in [0, 0.05) is 11.6 Å². The number of Topliss-reactive ketones (excluding diaryl/α,β-unsaturated/α-hetero) is 1. The Kier molecular flexibility index (Phi) is 5.54. The quantitative estimate of drug-likeness (QED) is 0.846. The number of nitrogens with one attached hydrogen (secondary N) is 1. The predicted octanol–water partition coefficient (Wildman–Crippen LogP) is 2.95. The number of likely N-dealkylation sites (N-methyl/N-ethyl adjacent to an activating group) is 1. The normalized spacial score (nSPS) is 18.0. The largest absolute Gasteiger partial charge is 0.317 e. The predicted molar refractivity (Wildman–Crippen MR) is 88.0 cm³/mol. The van der Waals surface area contributed by atoms with Crippen molar-refractivity contribution in [3.8, 4) is 0 Å². The summed E-state index contributed by atoms with van der Waals surface area (Å²) in [5.74, 6) is 0.249. The molecule has 1 aliphatic heterocycles. The third-order valence-corrected chi connectivity index (χ3v) is 4.81. The van der Waals surface area contributed by atoms with E-state index in [1.807, 2.05) is 12.1 Å². The lowest BCUT2D eigenvalue weighted by atomic mass is 9.96. The first-order valence-electron chi connectivity index (χ1n) is 8.12. The van der Waals surface area contributed by atoms with Gasteiger partial charge in [0.25, 0.3) is 0 Å². The van der Waals surface area contributed by atoms with E-state index in [1.54, 1.807) is 0 Å². The molecule has 3 heteroatoms. The lowest BCUT2D eigenvalue weighted by molar-refractivity contribution is 0.0728. The molecule has 2 rings (SSSR count). The SMILES string of the molecule is CCN(C1CCNCC1)C(C)C(=O)c1ccc(C)c(C)c1. The average molecular weight is 288 g/mol. The Balaban J connectivity index is 2.13. The van der Waals surface area contributed by atoms with Crippen LogP contribution < -0.4 is 5.32 Å². The topological polar surface area (TPSA) is 32.3 Å². The second-order valence-electron chi connectivity index (χ2n) is 6.15. The molecule has 1 saturated heterocycles. The molecule has 21 heavy (non-hydrogen) atoms. The van der Waals surface area contributed by atoms with E-state index in [9.17, 15) is 4.79 Å². The molecule has 1 atom stereocenters. The standard InChI is InChI=1S/C18H28N2O/c1-5-20(17-8-10-19-11-9-17)15(4)18(21)16-7-6-13(2)14(3)12-16/h6-7,12,15,17,19H,5,8-11H2,1-4H3. The number of ketones is 1. The molecular formula is C18H28N2O. The summed E-state index contributed by atoms with van der Waals surface area (Å²) in [7, 11) is 0. The third-order valence-electron chi connectivity index (χ3n) is 4.81. The van der Waals surface area contributed by atoms with E-state index in [2.05, 4.69) is 44.0 Å². The number of aryl methyl sites for hydroxylation is 2. The lowest BCUT2D eigenvalue weighted by Crippen LogP contribution is -2.49. The van der Waals surface area contributed by atoms with E-state index in [4.69, 9.17) is 0 Å². The zero-order valence-electron chi connectivity index (χ0n) is 13.8. The smallest absolute Gasteiger partial charge is 0.179 e. The summed E-state index contributed by atoms with van der Waals surface area (Å²) < 4.78 is 0. The number of carbonyl (C=O) groups excluding carboxylic acids is 1. The van der Waals surface area contributed by atoms with Crippen LogP contribution in [0.1, 0.15) is 48.2 Å². The van der Waals surface area contributed by atoms with Gasteiger partial charge in [-0.25, -0.2) is 0 Å². The summed E-state index contributed by atoms with van der Waals surface area (Å²) >= 11 is 0. The van der Waals surface area contributed by atoms with Crippen molar-refractivity contribution in [3.05, 3.63) is 34.9 Å². The van der Waals surface area contributed by atoms with Crippen LogP contribution in [0.3, 0.4) is 0 Å². The van der Waals surface area contributed by atoms with Gasteiger partial charge >= 0.3 is 0 Å². The Morgan fingerprint density at radius 1 is 1.29 bits per heavy atom. The van der Waals surface area contributed by atoms with Crippen LogP contribution in [0.4, 0.5) is 0 Å². The number of benzene rings is 1. The third kappa shape index (κ3) is 3.72. The van der Waals surface area contributed by atoms with Gasteiger partial charge in [0.2, 0.25) is 0 Å². The highest BCUT2D eigenvalue weighted by molar-refractivity contribution is 6.00. The molecule has 0 spiro atoms. The minimum atomic E-state index is -0.0415. The highest BCUT2D eigenvalue weighted by atomic mass is 16.1. The van der Waals surface area contributed by atoms with Crippen LogP contribution >= 0.6 is 0 Å². The maximum atomic E-state index is 12.8. The van der Waals surface area contributed by atoms with Gasteiger partial charge in [0.05, 0.1) is 6.04 Å². The highest BCUT2D eigenvalue weighted by Gasteiger charge is 2.28. The lowest BCUT2D eigenvalue weighted by Gasteiger charge is -2.37. The van der Waals surface area contributed by atoms with Crippen molar-refractivity contribution in [3.63, 3.8) is 0 Å². The molecule has 0 amide bonds. The van der Waals surface area contributed by atoms with Gasteiger partial charge in [0.1, 0.15) is 0 Å². The molecule has 116 valence electrons. The fraction of sp³-hybridized carbons (Fsp3) is 0.611. The Morgan fingerprint density at radius 3 is 2.52 bits per heavy atom. The molecular weight excluding hydrogens is 260 g/mol. The van der Waals surface area contributed by atoms with E-state index in [0.717, 1.165) is 38.0 Å². The average Bonchev–Trinajstić information content (AvgIpc) is 2.51. The molecule has 0 aliphatic carbocycles. The van der Waals surface area contributed by atoms with Crippen LogP contribution in [0.25, 0.3) is 0 Å². The van der Waals surface area contributed by atoms with Crippen molar-refractivity contribution in [1.29, 1.82) is 0 Å². The van der Waals surface area contributed by atoms with E-state index in [-0.39, 0.29) is 11.8 Å². The van der Waals surface area contributed by atoms with Crippen molar-refractivity contribution in [2.75, 3.05) is 19.6 Å². The Hall–Kier alpha value is -1.19. The number of piperidine rings is 1. The molecule has 1 aromatic carbocycles. The number of carbonyl (C=O) groups is 1. The molecule has 1 aliphatic rings. The molecule has 1 fully saturated rings. The van der Waals surface area contributed by atoms with E-state index < -0.39 is 0 Å². The summed E-state index contributed by atoms with van der Waals surface area (Å²) in [6.45, 7) is 11.4. The van der Waals surface area contributed by atoms with E-state index in [1.165, 1.54) is 11.1 Å². The highest BCUT2D eigenvalue weighted by Crippen LogP contribution is 2.19. The maximum absolute atomic E-state index is 12.8. The number of hydrogen-bond acceptors (Lipinski definition) is 3. The van der Waals surface area contributed by atoms with Crippen molar-refractivity contribution in [2.45, 2.75) is 52.6 Å². The Labute approximate surface area is 128 Å². The first kappa shape index (κ1) is 16.2. The van der Waals surface area contributed by atoms with Gasteiger partial charge in [0.15, 0.2) is 5.78 Å². The second-order valence-corrected chi connectivity index (χ2v) is 6.15. The van der Waals surface area contributed by atoms with Gasteiger partial charge < -0.3 is 5.32 Å². The number of rotatable bonds is 5. The van der Waals surface area contributed by atoms with Crippen molar-refractivity contribution < 1.29 is 4.79 Å². The van der Waals surface area contributed by atoms with Gasteiger partial charge in [-0.2, -0.15) is 0 Å². The molecule has 3 nitrogen and oxygen atoms in total. The molecule has 1 unspecified atom stereocenters. The number of hydrogen-bond donors (Lipinski definition) is 1. The molecule has 0 bridgehead atoms. The fourth-order valence-electron chi connectivity index (χ4n) is 3.27. The van der Waals surface area contributed by atoms with Gasteiger partial charge in [-0.05, 0) is 70.4 Å². The molecule has 0 radical (unpaired) electrons. The molecule has 1 heterocycles. The van der Waals surface area contributed by atoms with Crippen LogP contribution in [0, 0.1) is 13.8 Å². The van der Waals surface area contributed by atoms with Gasteiger partial charge in [-0.1, -0.05) is 19.1 Å². The first-order valence-corrected chi connectivity index (χ1v) is 8.12. The summed E-state index contributed by atoms with van der Waals surface area (Å²) in [6.07, 6.45) is 2.27. The van der Waals surface area contributed by atoms with E-state index >= 15 is 0 Å². The van der Waals surface area contributed by atoms with Gasteiger partial charge in [-0.3, -0.25) is 9.69 Å². The summed E-state index contributed by atoms with van der Waals surface area (Å²) in [5, 5.41) is 3.40. The Bertz CT molecular complexity index is 492. The molecule has 1 aromatic rings. The zero-order chi connectivity index (χ0) is 15.4. The van der Waals surface area contributed by atoms with E-state index in [0.29, 0.717) is 6.04 Å². The fourth-order valence-corrected chi connectivity index (χ4v) is 3.27. The number of nitrogens with zero attached hydrogens (tertiary/aromatic N) is 1. The van der Waals surface area contributed by atoms with Gasteiger partial charge in [-0.15, -0.1) is 0 Å². The molecule has 1 N–H and O–H groups in total. The zero-order valence-corrected chi connectivity index (χ0v) is 13.8. The van der Waals surface area contributed by atoms with Crippen LogP contribution in [0.5, 0.6) is 0 Å². The second kappa shape index (κ2) is 7.19. The minimum absolute atomic E-state index is 0.0415. The first-order chi connectivity index (χ1) is 10.0. The summed E-state index contributed by atoms with van der Waals surface area (Å²) in [6, 6.07) is 6.54. The van der Waals surface area contributed by atoms with Crippen molar-refractivity contribution >= 4 is 5.78 Å². The van der Waals surface area contributed by atoms with Crippen molar-refractivity contribution in [2.24, 2.45) is 0 Å². The Morgan fingerprint density at radius 2 is 1.95 bits per heavy atom.